The van der Waals surface area contributed by atoms with Crippen LogP contribution in [0.15, 0.2) is 12.4 Å². The van der Waals surface area contributed by atoms with Gasteiger partial charge in [-0.05, 0) is 25.5 Å². The largest absolute Gasteiger partial charge is 0.335 e. The summed E-state index contributed by atoms with van der Waals surface area (Å²) < 4.78 is 2.04. The van der Waals surface area contributed by atoms with Crippen LogP contribution in [0.1, 0.15) is 25.6 Å². The minimum Gasteiger partial charge on any atom is -0.335 e. The molecule has 0 N–H and O–H groups in total. The Labute approximate surface area is 94.3 Å². The number of imidazole rings is 1. The zero-order chi connectivity index (χ0) is 10.7. The van der Waals surface area contributed by atoms with Gasteiger partial charge in [0.2, 0.25) is 0 Å². The molecule has 1 saturated heterocycles. The van der Waals surface area contributed by atoms with E-state index < -0.39 is 0 Å². The van der Waals surface area contributed by atoms with Gasteiger partial charge in [0, 0.05) is 18.9 Å². The summed E-state index contributed by atoms with van der Waals surface area (Å²) in [6.07, 6.45) is 6.44. The Hall–Kier alpha value is -0.770. The first kappa shape index (κ1) is 10.7. The van der Waals surface area contributed by atoms with Crippen molar-refractivity contribution in [3.8, 4) is 0 Å². The zero-order valence-corrected chi connectivity index (χ0v) is 9.80. The van der Waals surface area contributed by atoms with Crippen molar-refractivity contribution >= 4 is 17.5 Å². The van der Waals surface area contributed by atoms with Crippen LogP contribution in [0.4, 0.5) is 0 Å². The minimum absolute atomic E-state index is 0.229. The van der Waals surface area contributed by atoms with E-state index >= 15 is 0 Å². The molecule has 1 aliphatic rings. The van der Waals surface area contributed by atoms with Crippen molar-refractivity contribution in [1.82, 2.24) is 9.55 Å². The van der Waals surface area contributed by atoms with Gasteiger partial charge < -0.3 is 4.57 Å². The normalized spacial score (nSPS) is 20.7. The molecule has 0 aliphatic carbocycles. The zero-order valence-electron chi connectivity index (χ0n) is 8.98. The van der Waals surface area contributed by atoms with E-state index in [0.29, 0.717) is 12.2 Å². The SMILES string of the molecule is CCn1ccnc1CC(=O)C1CCCS1. The third-order valence-corrected chi connectivity index (χ3v) is 4.19. The van der Waals surface area contributed by atoms with E-state index in [4.69, 9.17) is 0 Å². The lowest BCUT2D eigenvalue weighted by molar-refractivity contribution is -0.118. The van der Waals surface area contributed by atoms with Crippen LogP contribution in [0.5, 0.6) is 0 Å². The van der Waals surface area contributed by atoms with Crippen molar-refractivity contribution in [2.24, 2.45) is 0 Å². The van der Waals surface area contributed by atoms with Crippen molar-refractivity contribution in [1.29, 1.82) is 0 Å². The lowest BCUT2D eigenvalue weighted by Crippen LogP contribution is -2.18. The fourth-order valence-electron chi connectivity index (χ4n) is 1.90. The fourth-order valence-corrected chi connectivity index (χ4v) is 3.12. The molecule has 1 aromatic rings. The second kappa shape index (κ2) is 4.84. The number of hydrogen-bond acceptors (Lipinski definition) is 3. The van der Waals surface area contributed by atoms with Crippen LogP contribution in [0.25, 0.3) is 0 Å². The lowest BCUT2D eigenvalue weighted by Gasteiger charge is -2.08. The van der Waals surface area contributed by atoms with Crippen molar-refractivity contribution < 1.29 is 4.79 Å². The topological polar surface area (TPSA) is 34.9 Å². The fraction of sp³-hybridized carbons (Fsp3) is 0.636. The molecule has 1 aliphatic heterocycles. The lowest BCUT2D eigenvalue weighted by atomic mass is 10.1. The molecule has 4 heteroatoms. The Kier molecular flexibility index (Phi) is 3.46. The summed E-state index contributed by atoms with van der Waals surface area (Å²) in [5, 5.41) is 0.229. The Morgan fingerprint density at radius 2 is 2.60 bits per heavy atom. The molecular formula is C11H16N2OS. The number of Topliss-reactive ketones (excluding diaryl/α,β-unsaturated/α-hetero) is 1. The number of carbonyl (C=O) groups excluding carboxylic acids is 1. The predicted molar refractivity (Wildman–Crippen MR) is 62.1 cm³/mol. The summed E-state index contributed by atoms with van der Waals surface area (Å²) in [5.74, 6) is 2.40. The van der Waals surface area contributed by atoms with Gasteiger partial charge >= 0.3 is 0 Å². The molecule has 0 saturated carbocycles. The highest BCUT2D eigenvalue weighted by atomic mass is 32.2. The summed E-state index contributed by atoms with van der Waals surface area (Å²) in [6.45, 7) is 2.96. The highest BCUT2D eigenvalue weighted by molar-refractivity contribution is 8.00. The molecule has 3 nitrogen and oxygen atoms in total. The maximum absolute atomic E-state index is 11.9. The summed E-state index contributed by atoms with van der Waals surface area (Å²) in [4.78, 5) is 16.1. The summed E-state index contributed by atoms with van der Waals surface area (Å²) in [6, 6.07) is 0. The monoisotopic (exact) mass is 224 g/mol. The van der Waals surface area contributed by atoms with Gasteiger partial charge in [-0.2, -0.15) is 11.8 Å². The molecule has 1 unspecified atom stereocenters. The van der Waals surface area contributed by atoms with E-state index in [9.17, 15) is 4.79 Å². The Morgan fingerprint density at radius 1 is 1.73 bits per heavy atom. The number of hydrogen-bond donors (Lipinski definition) is 0. The quantitative estimate of drug-likeness (QED) is 0.783. The molecule has 82 valence electrons. The number of thioether (sulfide) groups is 1. The number of rotatable bonds is 4. The predicted octanol–water partition coefficient (Wildman–Crippen LogP) is 1.91. The third kappa shape index (κ3) is 2.43. The van der Waals surface area contributed by atoms with Crippen LogP contribution >= 0.6 is 11.8 Å². The van der Waals surface area contributed by atoms with Crippen LogP contribution in [0, 0.1) is 0 Å². The van der Waals surface area contributed by atoms with E-state index in [1.807, 2.05) is 10.8 Å². The molecule has 0 spiro atoms. The van der Waals surface area contributed by atoms with Gasteiger partial charge in [-0.1, -0.05) is 0 Å². The van der Waals surface area contributed by atoms with E-state index in [-0.39, 0.29) is 5.25 Å². The second-order valence-corrected chi connectivity index (χ2v) is 5.08. The average molecular weight is 224 g/mol. The van der Waals surface area contributed by atoms with Gasteiger partial charge in [0.15, 0.2) is 5.78 Å². The maximum Gasteiger partial charge on any atom is 0.153 e. The van der Waals surface area contributed by atoms with Crippen LogP contribution in [-0.4, -0.2) is 26.3 Å². The molecule has 0 aromatic carbocycles. The van der Waals surface area contributed by atoms with E-state index in [2.05, 4.69) is 11.9 Å². The Balaban J connectivity index is 1.98. The third-order valence-electron chi connectivity index (χ3n) is 2.76. The van der Waals surface area contributed by atoms with Gasteiger partial charge in [0.05, 0.1) is 11.7 Å². The van der Waals surface area contributed by atoms with Gasteiger partial charge in [-0.3, -0.25) is 4.79 Å². The van der Waals surface area contributed by atoms with Crippen molar-refractivity contribution in [2.75, 3.05) is 5.75 Å². The molecule has 0 amide bonds. The average Bonchev–Trinajstić information content (AvgIpc) is 2.87. The van der Waals surface area contributed by atoms with Gasteiger partial charge in [0.25, 0.3) is 0 Å². The summed E-state index contributed by atoms with van der Waals surface area (Å²) in [7, 11) is 0. The first-order valence-corrected chi connectivity index (χ1v) is 6.50. The second-order valence-electron chi connectivity index (χ2n) is 3.77. The molecule has 1 atom stereocenters. The molecule has 2 rings (SSSR count). The first-order chi connectivity index (χ1) is 7.31. The van der Waals surface area contributed by atoms with Crippen LogP contribution in [0.3, 0.4) is 0 Å². The molecule has 0 radical (unpaired) electrons. The number of ketones is 1. The van der Waals surface area contributed by atoms with Crippen LogP contribution in [0.2, 0.25) is 0 Å². The minimum atomic E-state index is 0.229. The number of carbonyl (C=O) groups is 1. The molecule has 1 fully saturated rings. The van der Waals surface area contributed by atoms with Crippen molar-refractivity contribution in [3.05, 3.63) is 18.2 Å². The maximum atomic E-state index is 11.9. The van der Waals surface area contributed by atoms with Crippen molar-refractivity contribution in [2.45, 2.75) is 38.0 Å². The van der Waals surface area contributed by atoms with Crippen LogP contribution < -0.4 is 0 Å². The van der Waals surface area contributed by atoms with Gasteiger partial charge in [-0.15, -0.1) is 0 Å². The standard InChI is InChI=1S/C11H16N2OS/c1-2-13-6-5-12-11(13)8-9(14)10-4-3-7-15-10/h5-6,10H,2-4,7-8H2,1H3. The number of aromatic nitrogens is 2. The molecule has 1 aromatic heterocycles. The van der Waals surface area contributed by atoms with Crippen molar-refractivity contribution in [3.63, 3.8) is 0 Å². The van der Waals surface area contributed by atoms with E-state index in [0.717, 1.165) is 24.5 Å². The highest BCUT2D eigenvalue weighted by Gasteiger charge is 2.24. The number of aryl methyl sites for hydroxylation is 1. The Morgan fingerprint density at radius 3 is 3.27 bits per heavy atom. The first-order valence-electron chi connectivity index (χ1n) is 5.45. The summed E-state index contributed by atoms with van der Waals surface area (Å²) >= 11 is 1.80. The van der Waals surface area contributed by atoms with Gasteiger partial charge in [0.1, 0.15) is 5.82 Å². The summed E-state index contributed by atoms with van der Waals surface area (Å²) in [5.41, 5.74) is 0. The van der Waals surface area contributed by atoms with Gasteiger partial charge in [-0.25, -0.2) is 4.98 Å². The Bertz CT molecular complexity index is 342. The van der Waals surface area contributed by atoms with Crippen LogP contribution in [-0.2, 0) is 17.8 Å². The van der Waals surface area contributed by atoms with E-state index in [1.165, 1.54) is 6.42 Å². The molecule has 2 heterocycles. The highest BCUT2D eigenvalue weighted by Crippen LogP contribution is 2.27. The molecule has 0 bridgehead atoms. The molecule has 15 heavy (non-hydrogen) atoms. The van der Waals surface area contributed by atoms with E-state index in [1.54, 1.807) is 18.0 Å². The smallest absolute Gasteiger partial charge is 0.153 e. The number of nitrogens with zero attached hydrogens (tertiary/aromatic N) is 2. The molecular weight excluding hydrogens is 208 g/mol.